The molecule has 0 aromatic carbocycles. The van der Waals surface area contributed by atoms with Crippen LogP contribution in [0.5, 0.6) is 0 Å². The van der Waals surface area contributed by atoms with E-state index < -0.39 is 6.09 Å². The summed E-state index contributed by atoms with van der Waals surface area (Å²) in [5, 5.41) is 11.9. The Balaban J connectivity index is 0.000000187. The molecule has 0 spiro atoms. The zero-order valence-corrected chi connectivity index (χ0v) is 4.81. The molecular formula is C4H6N2O3. The molecule has 50 valence electrons. The van der Waals surface area contributed by atoms with Gasteiger partial charge < -0.3 is 9.90 Å². The maximum Gasteiger partial charge on any atom is 0.433 e. The summed E-state index contributed by atoms with van der Waals surface area (Å²) in [7, 11) is 0. The monoisotopic (exact) mass is 130 g/mol. The molecule has 5 nitrogen and oxygen atoms in total. The zero-order chi connectivity index (χ0) is 7.28. The third-order valence-corrected chi connectivity index (χ3v) is 0.427. The van der Waals surface area contributed by atoms with E-state index in [0.717, 1.165) is 11.3 Å². The van der Waals surface area contributed by atoms with Crippen LogP contribution in [-0.2, 0) is 4.79 Å². The average Bonchev–Trinajstić information content (AvgIpc) is 2.44. The Kier molecular flexibility index (Phi) is 3.04. The van der Waals surface area contributed by atoms with Crippen LogP contribution < -0.4 is 0 Å². The Morgan fingerprint density at radius 2 is 2.22 bits per heavy atom. The molecule has 0 aliphatic carbocycles. The largest absolute Gasteiger partial charge is 0.463 e. The minimum Gasteiger partial charge on any atom is -0.463 e. The Morgan fingerprint density at radius 1 is 1.89 bits per heavy atom. The summed E-state index contributed by atoms with van der Waals surface area (Å²) in [6, 6.07) is 0. The van der Waals surface area contributed by atoms with Gasteiger partial charge in [-0.2, -0.15) is 5.01 Å². The molecule has 0 atom stereocenters. The molecule has 5 heteroatoms. The van der Waals surface area contributed by atoms with Crippen LogP contribution in [-0.4, -0.2) is 28.8 Å². The molecule has 1 N–H and O–H groups in total. The number of rotatable bonds is 0. The Morgan fingerprint density at radius 3 is 2.22 bits per heavy atom. The maximum atomic E-state index is 9.56. The maximum absolute atomic E-state index is 9.56. The SMILES string of the molecule is CC=O.O=C(O)N1C=N1. The zero-order valence-electron chi connectivity index (χ0n) is 4.81. The van der Waals surface area contributed by atoms with E-state index in [4.69, 9.17) is 9.90 Å². The van der Waals surface area contributed by atoms with E-state index in [2.05, 4.69) is 5.10 Å². The second kappa shape index (κ2) is 3.59. The molecule has 0 saturated heterocycles. The number of hydrogen-bond acceptors (Lipinski definition) is 3. The Bertz CT molecular complexity index is 137. The lowest BCUT2D eigenvalue weighted by atomic mass is 11.0. The first-order valence-electron chi connectivity index (χ1n) is 2.18. The predicted molar refractivity (Wildman–Crippen MR) is 30.1 cm³/mol. The first-order chi connectivity index (χ1) is 4.22. The van der Waals surface area contributed by atoms with Crippen LogP contribution in [0, 0.1) is 0 Å². The fourth-order valence-electron chi connectivity index (χ4n) is 0.125. The van der Waals surface area contributed by atoms with Crippen molar-refractivity contribution in [3.8, 4) is 0 Å². The van der Waals surface area contributed by atoms with Crippen LogP contribution in [0.1, 0.15) is 6.92 Å². The summed E-state index contributed by atoms with van der Waals surface area (Å²) in [5.41, 5.74) is 0. The quantitative estimate of drug-likeness (QED) is 0.474. The molecule has 0 aromatic heterocycles. The van der Waals surface area contributed by atoms with Gasteiger partial charge >= 0.3 is 6.09 Å². The van der Waals surface area contributed by atoms with Gasteiger partial charge in [-0.05, 0) is 6.92 Å². The number of carbonyl (C=O) groups excluding carboxylic acids is 1. The van der Waals surface area contributed by atoms with Crippen molar-refractivity contribution in [3.05, 3.63) is 0 Å². The van der Waals surface area contributed by atoms with Gasteiger partial charge in [0.2, 0.25) is 0 Å². The van der Waals surface area contributed by atoms with Crippen molar-refractivity contribution in [2.75, 3.05) is 0 Å². The summed E-state index contributed by atoms with van der Waals surface area (Å²) in [5.74, 6) is 0. The van der Waals surface area contributed by atoms with Crippen LogP contribution in [0.25, 0.3) is 0 Å². The first-order valence-corrected chi connectivity index (χ1v) is 2.18. The summed E-state index contributed by atoms with van der Waals surface area (Å²) in [6.45, 7) is 1.44. The highest BCUT2D eigenvalue weighted by Crippen LogP contribution is 1.95. The normalized spacial score (nSPS) is 11.4. The van der Waals surface area contributed by atoms with Gasteiger partial charge in [0, 0.05) is 0 Å². The van der Waals surface area contributed by atoms with Crippen molar-refractivity contribution in [3.63, 3.8) is 0 Å². The van der Waals surface area contributed by atoms with Gasteiger partial charge in [-0.1, -0.05) is 0 Å². The number of amides is 1. The van der Waals surface area contributed by atoms with E-state index >= 15 is 0 Å². The number of hydrazone groups is 1. The molecular weight excluding hydrogens is 124 g/mol. The molecule has 0 saturated carbocycles. The van der Waals surface area contributed by atoms with Crippen LogP contribution >= 0.6 is 0 Å². The lowest BCUT2D eigenvalue weighted by Crippen LogP contribution is -2.05. The fraction of sp³-hybridized carbons (Fsp3) is 0.250. The van der Waals surface area contributed by atoms with E-state index in [9.17, 15) is 4.79 Å². The summed E-state index contributed by atoms with van der Waals surface area (Å²) in [6.07, 6.45) is 0.956. The molecule has 1 aliphatic rings. The third-order valence-electron chi connectivity index (χ3n) is 0.427. The molecule has 0 radical (unpaired) electrons. The van der Waals surface area contributed by atoms with Gasteiger partial charge in [0.15, 0.2) is 0 Å². The predicted octanol–water partition coefficient (Wildman–Crippen LogP) is 0.129. The molecule has 0 bridgehead atoms. The molecule has 9 heavy (non-hydrogen) atoms. The van der Waals surface area contributed by atoms with Crippen molar-refractivity contribution in [2.24, 2.45) is 5.10 Å². The van der Waals surface area contributed by atoms with E-state index in [1.807, 2.05) is 0 Å². The van der Waals surface area contributed by atoms with Crippen LogP contribution in [0.3, 0.4) is 0 Å². The molecule has 1 aliphatic heterocycles. The molecule has 1 rings (SSSR count). The highest BCUT2D eigenvalue weighted by Gasteiger charge is 2.15. The van der Waals surface area contributed by atoms with Crippen molar-refractivity contribution in [1.29, 1.82) is 0 Å². The molecule has 0 fully saturated rings. The topological polar surface area (TPSA) is 69.7 Å². The second-order valence-electron chi connectivity index (χ2n) is 1.09. The van der Waals surface area contributed by atoms with E-state index in [0.29, 0.717) is 0 Å². The van der Waals surface area contributed by atoms with Crippen molar-refractivity contribution >= 4 is 18.7 Å². The Labute approximate surface area is 51.6 Å². The standard InChI is InChI=1S/C2H2N2O2.C2H4O/c5-2(6)4-1-3-4;1-2-3/h1H,(H,5,6);2H,1H3. The van der Waals surface area contributed by atoms with Gasteiger partial charge in [-0.25, -0.2) is 4.79 Å². The molecule has 1 amide bonds. The highest BCUT2D eigenvalue weighted by atomic mass is 16.4. The molecule has 0 aromatic rings. The summed E-state index contributed by atoms with van der Waals surface area (Å²) >= 11 is 0. The third kappa shape index (κ3) is 4.46. The van der Waals surface area contributed by atoms with Gasteiger partial charge in [0.05, 0.1) is 0 Å². The smallest absolute Gasteiger partial charge is 0.433 e. The fourth-order valence-corrected chi connectivity index (χ4v) is 0.125. The lowest BCUT2D eigenvalue weighted by Gasteiger charge is -1.80. The number of aldehydes is 1. The minimum absolute atomic E-state index is 0.750. The second-order valence-corrected chi connectivity index (χ2v) is 1.09. The lowest BCUT2D eigenvalue weighted by molar-refractivity contribution is -0.106. The van der Waals surface area contributed by atoms with Crippen molar-refractivity contribution in [1.82, 2.24) is 5.01 Å². The Hall–Kier alpha value is -1.39. The van der Waals surface area contributed by atoms with Gasteiger partial charge in [-0.15, -0.1) is 5.10 Å². The number of nitrogens with zero attached hydrogens (tertiary/aromatic N) is 2. The van der Waals surface area contributed by atoms with Gasteiger partial charge in [0.25, 0.3) is 0 Å². The van der Waals surface area contributed by atoms with Crippen molar-refractivity contribution in [2.45, 2.75) is 6.92 Å². The van der Waals surface area contributed by atoms with E-state index in [1.54, 1.807) is 0 Å². The molecule has 0 unspecified atom stereocenters. The summed E-state index contributed by atoms with van der Waals surface area (Å²) < 4.78 is 0. The minimum atomic E-state index is -1.02. The van der Waals surface area contributed by atoms with E-state index in [1.165, 1.54) is 13.3 Å². The molecule has 1 heterocycles. The van der Waals surface area contributed by atoms with Crippen LogP contribution in [0.4, 0.5) is 4.79 Å². The van der Waals surface area contributed by atoms with E-state index in [-0.39, 0.29) is 0 Å². The number of carboxylic acid groups (broad SMARTS) is 1. The van der Waals surface area contributed by atoms with Crippen LogP contribution in [0.2, 0.25) is 0 Å². The summed E-state index contributed by atoms with van der Waals surface area (Å²) in [4.78, 5) is 18.4. The van der Waals surface area contributed by atoms with Crippen molar-refractivity contribution < 1.29 is 14.7 Å². The van der Waals surface area contributed by atoms with Gasteiger partial charge in [0.1, 0.15) is 12.6 Å². The number of hydrogen-bond donors (Lipinski definition) is 1. The average molecular weight is 130 g/mol. The van der Waals surface area contributed by atoms with Crippen LogP contribution in [0.15, 0.2) is 5.10 Å². The highest BCUT2D eigenvalue weighted by molar-refractivity contribution is 5.88. The first kappa shape index (κ1) is 7.61. The number of carbonyl (C=O) groups is 2. The van der Waals surface area contributed by atoms with Gasteiger partial charge in [-0.3, -0.25) is 0 Å².